The van der Waals surface area contributed by atoms with E-state index in [1.54, 1.807) is 0 Å². The van der Waals surface area contributed by atoms with Gasteiger partial charge in [-0.1, -0.05) is 6.92 Å². The maximum Gasteiger partial charge on any atom is 0.419 e. The molecule has 1 aromatic carbocycles. The topological polar surface area (TPSA) is 93.8 Å². The van der Waals surface area contributed by atoms with Crippen LogP contribution in [0.5, 0.6) is 0 Å². The number of aromatic nitrogens is 3. The van der Waals surface area contributed by atoms with Crippen LogP contribution >= 0.6 is 0 Å². The van der Waals surface area contributed by atoms with Gasteiger partial charge < -0.3 is 11.1 Å². The number of pyridine rings is 1. The molecule has 0 radical (unpaired) electrons. The number of hydrogen-bond acceptors (Lipinski definition) is 5. The van der Waals surface area contributed by atoms with Crippen LogP contribution in [-0.4, -0.2) is 27.4 Å². The molecule has 0 bridgehead atoms. The molecule has 28 heavy (non-hydrogen) atoms. The summed E-state index contributed by atoms with van der Waals surface area (Å²) in [5.74, 6) is -1.48. The Balaban J connectivity index is 2.12. The molecule has 2 aromatic heterocycles. The fraction of sp³-hybridized carbons (Fsp3) is 0.222. The number of carbonyl (C=O) groups is 1. The third-order valence-electron chi connectivity index (χ3n) is 4.02. The van der Waals surface area contributed by atoms with Crippen molar-refractivity contribution in [2.24, 2.45) is 0 Å². The van der Waals surface area contributed by atoms with Gasteiger partial charge in [-0.15, -0.1) is 0 Å². The predicted octanol–water partition coefficient (Wildman–Crippen LogP) is 3.57. The van der Waals surface area contributed by atoms with E-state index < -0.39 is 23.5 Å². The summed E-state index contributed by atoms with van der Waals surface area (Å²) in [6.45, 7) is 2.32. The van der Waals surface area contributed by atoms with Crippen molar-refractivity contribution in [2.75, 3.05) is 12.3 Å². The number of alkyl halides is 3. The van der Waals surface area contributed by atoms with Crippen molar-refractivity contribution in [3.05, 3.63) is 47.8 Å². The predicted molar refractivity (Wildman–Crippen MR) is 94.8 cm³/mol. The molecule has 2 heterocycles. The molecule has 146 valence electrons. The zero-order valence-corrected chi connectivity index (χ0v) is 14.6. The minimum Gasteiger partial charge on any atom is -0.396 e. The van der Waals surface area contributed by atoms with E-state index in [-0.39, 0.29) is 28.2 Å². The van der Waals surface area contributed by atoms with Gasteiger partial charge in [-0.05, 0) is 18.6 Å². The number of benzene rings is 1. The molecule has 0 aliphatic carbocycles. The first-order valence-corrected chi connectivity index (χ1v) is 8.28. The number of hydrogen-bond donors (Lipinski definition) is 2. The molecule has 0 unspecified atom stereocenters. The van der Waals surface area contributed by atoms with Crippen molar-refractivity contribution in [1.82, 2.24) is 20.3 Å². The number of fused-ring (bicyclic) bond motifs is 1. The molecule has 3 N–H and O–H groups in total. The van der Waals surface area contributed by atoms with Crippen LogP contribution in [0.4, 0.5) is 23.2 Å². The van der Waals surface area contributed by atoms with Crippen molar-refractivity contribution >= 4 is 22.4 Å². The molecule has 0 aliphatic heterocycles. The van der Waals surface area contributed by atoms with Crippen molar-refractivity contribution in [1.29, 1.82) is 0 Å². The lowest BCUT2D eigenvalue weighted by Gasteiger charge is -2.12. The lowest BCUT2D eigenvalue weighted by molar-refractivity contribution is -0.138. The van der Waals surface area contributed by atoms with Crippen LogP contribution in [0.1, 0.15) is 29.4 Å². The fourth-order valence-electron chi connectivity index (χ4n) is 2.62. The highest BCUT2D eigenvalue weighted by molar-refractivity contribution is 6.08. The molecular weight excluding hydrogens is 378 g/mol. The van der Waals surface area contributed by atoms with Crippen LogP contribution in [0, 0.1) is 5.82 Å². The van der Waals surface area contributed by atoms with Gasteiger partial charge in [0.05, 0.1) is 16.8 Å². The van der Waals surface area contributed by atoms with Gasteiger partial charge in [0.2, 0.25) is 0 Å². The summed E-state index contributed by atoms with van der Waals surface area (Å²) >= 11 is 0. The first-order valence-electron chi connectivity index (χ1n) is 8.28. The summed E-state index contributed by atoms with van der Waals surface area (Å²) in [6.07, 6.45) is -1.51. The van der Waals surface area contributed by atoms with E-state index in [2.05, 4.69) is 20.3 Å². The van der Waals surface area contributed by atoms with E-state index in [0.717, 1.165) is 12.5 Å². The summed E-state index contributed by atoms with van der Waals surface area (Å²) in [7, 11) is 0. The number of rotatable bonds is 4. The lowest BCUT2D eigenvalue weighted by atomic mass is 10.0. The van der Waals surface area contributed by atoms with Gasteiger partial charge in [-0.2, -0.15) is 13.2 Å². The molecule has 1 amide bonds. The van der Waals surface area contributed by atoms with Crippen molar-refractivity contribution in [3.63, 3.8) is 0 Å². The van der Waals surface area contributed by atoms with Crippen LogP contribution in [0.25, 0.3) is 22.2 Å². The van der Waals surface area contributed by atoms with Crippen LogP contribution in [0.15, 0.2) is 30.7 Å². The van der Waals surface area contributed by atoms with Crippen LogP contribution in [0.3, 0.4) is 0 Å². The number of nitrogen functional groups attached to an aromatic ring is 1. The molecule has 6 nitrogen and oxygen atoms in total. The second-order valence-electron chi connectivity index (χ2n) is 5.95. The van der Waals surface area contributed by atoms with E-state index >= 15 is 0 Å². The van der Waals surface area contributed by atoms with Crippen LogP contribution in [0.2, 0.25) is 0 Å². The molecule has 0 fully saturated rings. The molecule has 0 saturated carbocycles. The summed E-state index contributed by atoms with van der Waals surface area (Å²) < 4.78 is 52.5. The van der Waals surface area contributed by atoms with Gasteiger partial charge >= 0.3 is 6.18 Å². The molecule has 3 rings (SSSR count). The maximum atomic E-state index is 14.4. The minimum absolute atomic E-state index is 0.0214. The van der Waals surface area contributed by atoms with Crippen molar-refractivity contribution < 1.29 is 22.4 Å². The van der Waals surface area contributed by atoms with E-state index in [1.807, 2.05) is 6.92 Å². The van der Waals surface area contributed by atoms with E-state index in [9.17, 15) is 22.4 Å². The quantitative estimate of drug-likeness (QED) is 0.661. The third kappa shape index (κ3) is 3.57. The Morgan fingerprint density at radius 1 is 1.11 bits per heavy atom. The Labute approximate surface area is 156 Å². The number of amides is 1. The number of halogens is 4. The third-order valence-corrected chi connectivity index (χ3v) is 4.02. The first-order chi connectivity index (χ1) is 13.2. The molecule has 0 atom stereocenters. The Morgan fingerprint density at radius 3 is 2.39 bits per heavy atom. The summed E-state index contributed by atoms with van der Waals surface area (Å²) in [5, 5.41) is 3.15. The normalized spacial score (nSPS) is 11.6. The lowest BCUT2D eigenvalue weighted by Crippen LogP contribution is -2.26. The summed E-state index contributed by atoms with van der Waals surface area (Å²) in [4.78, 5) is 23.4. The molecule has 0 saturated heterocycles. The minimum atomic E-state index is -4.61. The fourth-order valence-corrected chi connectivity index (χ4v) is 2.62. The average molecular weight is 393 g/mol. The Hall–Kier alpha value is -3.30. The van der Waals surface area contributed by atoms with E-state index in [1.165, 1.54) is 12.3 Å². The van der Waals surface area contributed by atoms with Gasteiger partial charge in [0, 0.05) is 35.9 Å². The van der Waals surface area contributed by atoms with Gasteiger partial charge in [0.25, 0.3) is 5.91 Å². The molecule has 3 aromatic rings. The molecule has 0 aliphatic rings. The van der Waals surface area contributed by atoms with E-state index in [4.69, 9.17) is 5.73 Å². The number of carbonyl (C=O) groups excluding carboxylic acids is 1. The number of nitrogens with one attached hydrogen (secondary N) is 1. The van der Waals surface area contributed by atoms with Gasteiger partial charge in [0.1, 0.15) is 5.82 Å². The van der Waals surface area contributed by atoms with Gasteiger partial charge in [0.15, 0.2) is 11.5 Å². The highest BCUT2D eigenvalue weighted by atomic mass is 19.4. The standard InChI is InChI=1S/C18H15F4N5O/c1-2-5-24-17(28)15-14(23)10-3-4-12(19)13(11(10)8-25-15)16-26-6-9(7-27-16)18(20,21)22/h3-4,6-8H,2,5,23H2,1H3,(H,24,28). The first kappa shape index (κ1) is 19.5. The van der Waals surface area contributed by atoms with Crippen LogP contribution < -0.4 is 11.1 Å². The monoisotopic (exact) mass is 393 g/mol. The SMILES string of the molecule is CCCNC(=O)c1ncc2c(-c3ncc(C(F)(F)F)cn3)c(F)ccc2c1N. The van der Waals surface area contributed by atoms with Gasteiger partial charge in [-0.3, -0.25) is 4.79 Å². The maximum absolute atomic E-state index is 14.4. The summed E-state index contributed by atoms with van der Waals surface area (Å²) in [5.41, 5.74) is 4.84. The van der Waals surface area contributed by atoms with Crippen molar-refractivity contribution in [2.45, 2.75) is 19.5 Å². The molecular formula is C18H15F4N5O. The van der Waals surface area contributed by atoms with Crippen molar-refractivity contribution in [3.8, 4) is 11.4 Å². The zero-order valence-electron chi connectivity index (χ0n) is 14.6. The smallest absolute Gasteiger partial charge is 0.396 e. The van der Waals surface area contributed by atoms with Gasteiger partial charge in [-0.25, -0.2) is 19.3 Å². The largest absolute Gasteiger partial charge is 0.419 e. The molecule has 0 spiro atoms. The highest BCUT2D eigenvalue weighted by Gasteiger charge is 2.31. The second kappa shape index (κ2) is 7.37. The summed E-state index contributed by atoms with van der Waals surface area (Å²) in [6, 6.07) is 2.45. The average Bonchev–Trinajstić information content (AvgIpc) is 2.65. The second-order valence-corrected chi connectivity index (χ2v) is 5.95. The Morgan fingerprint density at radius 2 is 1.79 bits per heavy atom. The number of nitrogens with zero attached hydrogens (tertiary/aromatic N) is 3. The zero-order chi connectivity index (χ0) is 20.5. The number of nitrogens with two attached hydrogens (primary N) is 1. The highest BCUT2D eigenvalue weighted by Crippen LogP contribution is 2.34. The van der Waals surface area contributed by atoms with E-state index in [0.29, 0.717) is 24.3 Å². The number of anilines is 1. The molecule has 10 heteroatoms. The van der Waals surface area contributed by atoms with Crippen LogP contribution in [-0.2, 0) is 6.18 Å². The Kier molecular flexibility index (Phi) is 5.12. The Bertz CT molecular complexity index is 1030.